The van der Waals surface area contributed by atoms with E-state index in [9.17, 15) is 4.79 Å². The number of rotatable bonds is 9. The first-order valence-corrected chi connectivity index (χ1v) is 15.0. The summed E-state index contributed by atoms with van der Waals surface area (Å²) in [5, 5.41) is 4.56. The van der Waals surface area contributed by atoms with Crippen molar-refractivity contribution in [2.24, 2.45) is 0 Å². The summed E-state index contributed by atoms with van der Waals surface area (Å²) in [7, 11) is 0. The fourth-order valence-electron chi connectivity index (χ4n) is 5.56. The van der Waals surface area contributed by atoms with Gasteiger partial charge < -0.3 is 9.32 Å². The number of nitrogens with zero attached hydrogens (tertiary/aromatic N) is 3. The predicted molar refractivity (Wildman–Crippen MR) is 169 cm³/mol. The summed E-state index contributed by atoms with van der Waals surface area (Å²) in [5.74, 6) is 0.412. The average molecular weight is 568 g/mol. The number of carbonyl (C=O) groups is 1. The van der Waals surface area contributed by atoms with Crippen molar-refractivity contribution in [3.63, 3.8) is 0 Å². The number of hydrogen-bond donors (Lipinski definition) is 0. The highest BCUT2D eigenvalue weighted by Gasteiger charge is 2.28. The third-order valence-corrected chi connectivity index (χ3v) is 8.61. The van der Waals surface area contributed by atoms with E-state index in [4.69, 9.17) is 9.40 Å². The first-order valence-electron chi connectivity index (χ1n) is 14.1. The molecular formula is C36H29N3O2S. The van der Waals surface area contributed by atoms with Gasteiger partial charge in [0, 0.05) is 35.8 Å². The number of hydrogen-bond acceptors (Lipinski definition) is 4. The molecule has 0 aliphatic carbocycles. The van der Waals surface area contributed by atoms with Crippen LogP contribution < -0.4 is 0 Å². The second-order valence-electron chi connectivity index (χ2n) is 10.4. The van der Waals surface area contributed by atoms with Gasteiger partial charge in [-0.1, -0.05) is 97.1 Å². The maximum atomic E-state index is 14.4. The molecule has 7 aromatic rings. The van der Waals surface area contributed by atoms with E-state index >= 15 is 0 Å². The molecule has 1 amide bonds. The maximum Gasteiger partial charge on any atom is 0.234 e. The van der Waals surface area contributed by atoms with Crippen molar-refractivity contribution >= 4 is 33.0 Å². The molecule has 0 spiro atoms. The number of benzene rings is 4. The van der Waals surface area contributed by atoms with Gasteiger partial charge >= 0.3 is 0 Å². The molecular weight excluding hydrogens is 538 g/mol. The summed E-state index contributed by atoms with van der Waals surface area (Å²) in [5.41, 5.74) is 5.13. The molecule has 0 fully saturated rings. The van der Waals surface area contributed by atoms with E-state index in [2.05, 4.69) is 58.4 Å². The molecule has 0 saturated carbocycles. The molecule has 0 saturated heterocycles. The molecule has 3 heterocycles. The lowest BCUT2D eigenvalue weighted by Crippen LogP contribution is -2.36. The molecule has 0 aliphatic heterocycles. The molecule has 3 aromatic heterocycles. The standard InChI is InChI=1S/C36H29N3O2S/c40-35(34(27-11-3-1-4-12-27)28-13-5-2-6-14-28)38(23-32-16-9-21-41-32)20-19-31-25-42-36-37-33(24-39(31)36)30-18-17-26-10-7-8-15-29(26)22-30/h1-18,21-22,24-25,34H,19-20,23H2. The van der Waals surface area contributed by atoms with Crippen LogP contribution in [0.2, 0.25) is 0 Å². The van der Waals surface area contributed by atoms with Crippen LogP contribution in [-0.2, 0) is 17.8 Å². The van der Waals surface area contributed by atoms with Crippen LogP contribution in [0.25, 0.3) is 27.0 Å². The molecule has 0 N–H and O–H groups in total. The molecule has 0 bridgehead atoms. The minimum Gasteiger partial charge on any atom is -0.467 e. The zero-order valence-electron chi connectivity index (χ0n) is 23.0. The van der Waals surface area contributed by atoms with Gasteiger partial charge in [0.15, 0.2) is 4.96 Å². The van der Waals surface area contributed by atoms with Gasteiger partial charge in [-0.05, 0) is 40.1 Å². The Morgan fingerprint density at radius 2 is 1.55 bits per heavy atom. The SMILES string of the molecule is O=C(C(c1ccccc1)c1ccccc1)N(CCc1csc2nc(-c3ccc4ccccc4c3)cn12)Cc1ccco1. The summed E-state index contributed by atoms with van der Waals surface area (Å²) in [6.45, 7) is 0.951. The number of aromatic nitrogens is 2. The normalized spacial score (nSPS) is 11.5. The van der Waals surface area contributed by atoms with Crippen molar-refractivity contribution in [1.82, 2.24) is 14.3 Å². The van der Waals surface area contributed by atoms with Crippen LogP contribution in [0.5, 0.6) is 0 Å². The number of amides is 1. The van der Waals surface area contributed by atoms with E-state index in [0.29, 0.717) is 19.5 Å². The van der Waals surface area contributed by atoms with Crippen LogP contribution in [0.3, 0.4) is 0 Å². The Labute approximate surface area is 248 Å². The maximum absolute atomic E-state index is 14.4. The Kier molecular flexibility index (Phi) is 7.12. The molecule has 0 unspecified atom stereocenters. The van der Waals surface area contributed by atoms with Gasteiger partial charge in [0.2, 0.25) is 5.91 Å². The van der Waals surface area contributed by atoms with E-state index in [1.165, 1.54) is 10.8 Å². The fourth-order valence-corrected chi connectivity index (χ4v) is 6.46. The molecule has 7 rings (SSSR count). The second kappa shape index (κ2) is 11.5. The zero-order chi connectivity index (χ0) is 28.3. The molecule has 42 heavy (non-hydrogen) atoms. The van der Waals surface area contributed by atoms with E-state index in [1.54, 1.807) is 17.6 Å². The van der Waals surface area contributed by atoms with Gasteiger partial charge in [-0.15, -0.1) is 11.3 Å². The monoisotopic (exact) mass is 567 g/mol. The molecule has 0 atom stereocenters. The van der Waals surface area contributed by atoms with Crippen molar-refractivity contribution < 1.29 is 9.21 Å². The number of furan rings is 1. The Hall–Kier alpha value is -4.94. The number of carbonyl (C=O) groups excluding carboxylic acids is 1. The third kappa shape index (κ3) is 5.24. The van der Waals surface area contributed by atoms with Crippen LogP contribution >= 0.6 is 11.3 Å². The first kappa shape index (κ1) is 26.0. The summed E-state index contributed by atoms with van der Waals surface area (Å²) in [6.07, 6.45) is 4.46. The lowest BCUT2D eigenvalue weighted by atomic mass is 9.90. The highest BCUT2D eigenvalue weighted by Crippen LogP contribution is 2.29. The predicted octanol–water partition coefficient (Wildman–Crippen LogP) is 8.21. The van der Waals surface area contributed by atoms with Crippen LogP contribution in [-0.4, -0.2) is 26.7 Å². The Balaban J connectivity index is 1.18. The minimum absolute atomic E-state index is 0.0535. The van der Waals surface area contributed by atoms with E-state index in [1.807, 2.05) is 77.7 Å². The largest absolute Gasteiger partial charge is 0.467 e. The van der Waals surface area contributed by atoms with Crippen molar-refractivity contribution in [2.45, 2.75) is 18.9 Å². The van der Waals surface area contributed by atoms with Crippen LogP contribution in [0, 0.1) is 0 Å². The second-order valence-corrected chi connectivity index (χ2v) is 11.2. The number of fused-ring (bicyclic) bond motifs is 2. The molecule has 206 valence electrons. The quantitative estimate of drug-likeness (QED) is 0.177. The lowest BCUT2D eigenvalue weighted by molar-refractivity contribution is -0.132. The van der Waals surface area contributed by atoms with Crippen LogP contribution in [0.4, 0.5) is 0 Å². The Morgan fingerprint density at radius 1 is 0.833 bits per heavy atom. The Morgan fingerprint density at radius 3 is 2.26 bits per heavy atom. The van der Waals surface area contributed by atoms with Crippen molar-refractivity contribution in [1.29, 1.82) is 0 Å². The van der Waals surface area contributed by atoms with Crippen molar-refractivity contribution in [3.05, 3.63) is 156 Å². The van der Waals surface area contributed by atoms with E-state index < -0.39 is 5.92 Å². The summed E-state index contributed by atoms with van der Waals surface area (Å²) in [6, 6.07) is 38.7. The van der Waals surface area contributed by atoms with Crippen LogP contribution in [0.1, 0.15) is 28.5 Å². The topological polar surface area (TPSA) is 50.8 Å². The third-order valence-electron chi connectivity index (χ3n) is 7.72. The van der Waals surface area contributed by atoms with E-state index in [0.717, 1.165) is 38.8 Å². The number of imidazole rings is 1. The molecule has 6 heteroatoms. The van der Waals surface area contributed by atoms with Gasteiger partial charge in [0.1, 0.15) is 5.76 Å². The molecule has 4 aromatic carbocycles. The van der Waals surface area contributed by atoms with Crippen molar-refractivity contribution in [2.75, 3.05) is 6.54 Å². The van der Waals surface area contributed by atoms with Gasteiger partial charge in [-0.25, -0.2) is 4.98 Å². The summed E-state index contributed by atoms with van der Waals surface area (Å²) in [4.78, 5) is 22.2. The smallest absolute Gasteiger partial charge is 0.234 e. The lowest BCUT2D eigenvalue weighted by Gasteiger charge is -2.27. The summed E-state index contributed by atoms with van der Waals surface area (Å²) < 4.78 is 7.85. The van der Waals surface area contributed by atoms with Crippen molar-refractivity contribution in [3.8, 4) is 11.3 Å². The average Bonchev–Trinajstić information content (AvgIpc) is 3.79. The van der Waals surface area contributed by atoms with Gasteiger partial charge in [0.25, 0.3) is 0 Å². The highest BCUT2D eigenvalue weighted by atomic mass is 32.1. The molecule has 0 radical (unpaired) electrons. The van der Waals surface area contributed by atoms with Gasteiger partial charge in [0.05, 0.1) is 24.4 Å². The molecule has 5 nitrogen and oxygen atoms in total. The highest BCUT2D eigenvalue weighted by molar-refractivity contribution is 7.15. The first-order chi connectivity index (χ1) is 20.7. The summed E-state index contributed by atoms with van der Waals surface area (Å²) >= 11 is 1.63. The van der Waals surface area contributed by atoms with Gasteiger partial charge in [-0.3, -0.25) is 9.20 Å². The van der Waals surface area contributed by atoms with Gasteiger partial charge in [-0.2, -0.15) is 0 Å². The zero-order valence-corrected chi connectivity index (χ0v) is 23.8. The van der Waals surface area contributed by atoms with Crippen LogP contribution in [0.15, 0.2) is 138 Å². The molecule has 0 aliphatic rings. The van der Waals surface area contributed by atoms with E-state index in [-0.39, 0.29) is 5.91 Å². The fraction of sp³-hybridized carbons (Fsp3) is 0.111. The minimum atomic E-state index is -0.405. The number of thiazole rings is 1. The Bertz CT molecular complexity index is 1900.